The molecule has 1 aromatic heterocycles. The molecule has 0 bridgehead atoms. The molecule has 0 aliphatic carbocycles. The largest absolute Gasteiger partial charge is 0.309 e. The van der Waals surface area contributed by atoms with Gasteiger partial charge >= 0.3 is 0 Å². The van der Waals surface area contributed by atoms with Gasteiger partial charge in [0.15, 0.2) is 5.13 Å². The Bertz CT molecular complexity index is 1410. The van der Waals surface area contributed by atoms with Gasteiger partial charge in [0.05, 0.1) is 27.3 Å². The number of amides is 1. The summed E-state index contributed by atoms with van der Waals surface area (Å²) in [5, 5.41) is 18.3. The lowest BCUT2D eigenvalue weighted by atomic mass is 10.2. The first-order chi connectivity index (χ1) is 17.7. The Balaban J connectivity index is 1.89. The first kappa shape index (κ1) is 28.7. The highest BCUT2D eigenvalue weighted by Crippen LogP contribution is 2.32. The van der Waals surface area contributed by atoms with Crippen LogP contribution < -0.4 is 4.90 Å². The van der Waals surface area contributed by atoms with Crippen molar-refractivity contribution < 1.29 is 13.2 Å². The molecule has 0 spiro atoms. The monoisotopic (exact) mass is 602 g/mol. The number of hydrogen-bond acceptors (Lipinski definition) is 8. The zero-order valence-corrected chi connectivity index (χ0v) is 23.8. The van der Waals surface area contributed by atoms with Crippen LogP contribution >= 0.6 is 27.3 Å². The lowest BCUT2D eigenvalue weighted by molar-refractivity contribution is 0.0986. The third kappa shape index (κ3) is 7.34. The van der Waals surface area contributed by atoms with E-state index in [0.717, 1.165) is 32.0 Å². The molecular weight excluding hydrogens is 576 g/mol. The fourth-order valence-electron chi connectivity index (χ4n) is 3.61. The number of carbonyl (C=O) groups excluding carboxylic acids is 1. The number of hydrogen-bond donors (Lipinski definition) is 0. The molecule has 0 aliphatic heterocycles. The number of rotatable bonds is 12. The van der Waals surface area contributed by atoms with Crippen molar-refractivity contribution in [2.45, 2.75) is 24.2 Å². The summed E-state index contributed by atoms with van der Waals surface area (Å²) in [5.41, 5.74) is 1.13. The molecule has 0 saturated carbocycles. The molecule has 0 radical (unpaired) electrons. The zero-order chi connectivity index (χ0) is 27.0. The molecule has 1 amide bonds. The van der Waals surface area contributed by atoms with Crippen molar-refractivity contribution in [1.29, 1.82) is 10.5 Å². The van der Waals surface area contributed by atoms with Crippen LogP contribution in [0.15, 0.2) is 51.8 Å². The minimum Gasteiger partial charge on any atom is -0.309 e. The molecule has 9 nitrogen and oxygen atoms in total. The van der Waals surface area contributed by atoms with E-state index in [-0.39, 0.29) is 36.7 Å². The van der Waals surface area contributed by atoms with E-state index in [1.165, 1.54) is 35.6 Å². The highest BCUT2D eigenvalue weighted by Gasteiger charge is 2.26. The van der Waals surface area contributed by atoms with Crippen LogP contribution in [-0.2, 0) is 10.0 Å². The van der Waals surface area contributed by atoms with Gasteiger partial charge < -0.3 is 4.90 Å². The Labute approximate surface area is 229 Å². The summed E-state index contributed by atoms with van der Waals surface area (Å²) < 4.78 is 29.2. The summed E-state index contributed by atoms with van der Waals surface area (Å²) in [6.45, 7) is 1.23. The average Bonchev–Trinajstić information content (AvgIpc) is 3.29. The molecule has 37 heavy (non-hydrogen) atoms. The Hall–Kier alpha value is -2.87. The maximum atomic E-state index is 13.6. The minimum absolute atomic E-state index is 0.00363. The number of anilines is 1. The molecule has 2 aromatic carbocycles. The molecule has 1 heterocycles. The number of fused-ring (bicyclic) bond motifs is 1. The van der Waals surface area contributed by atoms with Crippen molar-refractivity contribution in [2.75, 3.05) is 45.2 Å². The minimum atomic E-state index is -3.92. The zero-order valence-electron chi connectivity index (χ0n) is 20.6. The quantitative estimate of drug-likeness (QED) is 0.299. The van der Waals surface area contributed by atoms with Gasteiger partial charge in [-0.25, -0.2) is 13.4 Å². The summed E-state index contributed by atoms with van der Waals surface area (Å²) >= 11 is 4.89. The lowest BCUT2D eigenvalue weighted by Gasteiger charge is -2.22. The van der Waals surface area contributed by atoms with Gasteiger partial charge in [0.2, 0.25) is 10.0 Å². The van der Waals surface area contributed by atoms with E-state index in [9.17, 15) is 13.2 Å². The highest BCUT2D eigenvalue weighted by atomic mass is 79.9. The number of aromatic nitrogens is 1. The van der Waals surface area contributed by atoms with E-state index in [1.54, 1.807) is 4.90 Å². The average molecular weight is 604 g/mol. The van der Waals surface area contributed by atoms with Crippen LogP contribution in [0.25, 0.3) is 10.2 Å². The fraction of sp³-hybridized carbons (Fsp3) is 0.360. The van der Waals surface area contributed by atoms with Gasteiger partial charge in [-0.05, 0) is 69.5 Å². The number of nitriles is 2. The van der Waals surface area contributed by atoms with Gasteiger partial charge in [-0.15, -0.1) is 0 Å². The van der Waals surface area contributed by atoms with E-state index in [1.807, 2.05) is 49.3 Å². The maximum Gasteiger partial charge on any atom is 0.260 e. The van der Waals surface area contributed by atoms with Gasteiger partial charge in [0.1, 0.15) is 0 Å². The van der Waals surface area contributed by atoms with Gasteiger partial charge in [0, 0.05) is 42.5 Å². The molecular formula is C25H27BrN6O3S2. The number of benzene rings is 2. The van der Waals surface area contributed by atoms with E-state index < -0.39 is 10.0 Å². The molecule has 3 rings (SSSR count). The van der Waals surface area contributed by atoms with Crippen LogP contribution in [0.3, 0.4) is 0 Å². The Morgan fingerprint density at radius 3 is 2.24 bits per heavy atom. The number of halogens is 1. The smallest absolute Gasteiger partial charge is 0.260 e. The van der Waals surface area contributed by atoms with Crippen LogP contribution in [0.1, 0.15) is 29.6 Å². The molecule has 0 atom stereocenters. The van der Waals surface area contributed by atoms with E-state index in [4.69, 9.17) is 10.5 Å². The second-order valence-electron chi connectivity index (χ2n) is 8.47. The Morgan fingerprint density at radius 1 is 1.00 bits per heavy atom. The first-order valence-electron chi connectivity index (χ1n) is 11.5. The summed E-state index contributed by atoms with van der Waals surface area (Å²) in [5.74, 6) is -0.272. The molecule has 3 aromatic rings. The second-order valence-corrected chi connectivity index (χ2v) is 12.3. The normalized spacial score (nSPS) is 11.5. The van der Waals surface area contributed by atoms with Gasteiger partial charge in [-0.1, -0.05) is 27.3 Å². The Morgan fingerprint density at radius 2 is 1.65 bits per heavy atom. The van der Waals surface area contributed by atoms with Crippen LogP contribution in [-0.4, -0.2) is 68.8 Å². The standard InChI is InChI=1S/C25H27BrN6O3S2/c1-30(2)14-5-17-32(25-29-22-11-8-20(26)18-23(22)36-25)24(33)19-6-9-21(10-7-19)37(34,35)31(15-3-12-27)16-4-13-28/h6-11,18H,3-5,14-17H2,1-2H3. The molecule has 12 heteroatoms. The van der Waals surface area contributed by atoms with Gasteiger partial charge in [0.25, 0.3) is 5.91 Å². The fourth-order valence-corrected chi connectivity index (χ4v) is 6.59. The third-order valence-electron chi connectivity index (χ3n) is 5.49. The van der Waals surface area contributed by atoms with E-state index in [0.29, 0.717) is 17.2 Å². The molecule has 194 valence electrons. The van der Waals surface area contributed by atoms with Gasteiger partial charge in [-0.2, -0.15) is 14.8 Å². The summed E-state index contributed by atoms with van der Waals surface area (Å²) in [6.07, 6.45) is 0.765. The highest BCUT2D eigenvalue weighted by molar-refractivity contribution is 9.10. The molecule has 0 aliphatic rings. The van der Waals surface area contributed by atoms with Crippen molar-refractivity contribution in [1.82, 2.24) is 14.2 Å². The van der Waals surface area contributed by atoms with Crippen molar-refractivity contribution in [3.63, 3.8) is 0 Å². The molecule has 0 unspecified atom stereocenters. The third-order valence-corrected chi connectivity index (χ3v) is 8.93. The molecule has 0 saturated heterocycles. The summed E-state index contributed by atoms with van der Waals surface area (Å²) in [4.78, 5) is 21.9. The lowest BCUT2D eigenvalue weighted by Crippen LogP contribution is -2.34. The molecule has 0 fully saturated rings. The van der Waals surface area contributed by atoms with Gasteiger partial charge in [-0.3, -0.25) is 9.69 Å². The van der Waals surface area contributed by atoms with Crippen molar-refractivity contribution in [3.8, 4) is 12.1 Å². The maximum absolute atomic E-state index is 13.6. The van der Waals surface area contributed by atoms with Crippen molar-refractivity contribution in [2.24, 2.45) is 0 Å². The SMILES string of the molecule is CN(C)CCCN(C(=O)c1ccc(S(=O)(=O)N(CCC#N)CCC#N)cc1)c1nc2ccc(Br)cc2s1. The second kappa shape index (κ2) is 13.1. The first-order valence-corrected chi connectivity index (χ1v) is 14.6. The van der Waals surface area contributed by atoms with Crippen LogP contribution in [0.4, 0.5) is 5.13 Å². The summed E-state index contributed by atoms with van der Waals surface area (Å²) in [7, 11) is 0.0190. The molecule has 0 N–H and O–H groups in total. The van der Waals surface area contributed by atoms with E-state index >= 15 is 0 Å². The number of nitrogens with zero attached hydrogens (tertiary/aromatic N) is 6. The van der Waals surface area contributed by atoms with E-state index in [2.05, 4.69) is 20.9 Å². The predicted octanol–water partition coefficient (Wildman–Crippen LogP) is 4.48. The number of thiazole rings is 1. The number of carbonyl (C=O) groups is 1. The van der Waals surface area contributed by atoms with Crippen molar-refractivity contribution in [3.05, 3.63) is 52.5 Å². The van der Waals surface area contributed by atoms with Crippen LogP contribution in [0.2, 0.25) is 0 Å². The van der Waals surface area contributed by atoms with Crippen LogP contribution in [0.5, 0.6) is 0 Å². The topological polar surface area (TPSA) is 121 Å². The Kier molecular flexibility index (Phi) is 10.1. The van der Waals surface area contributed by atoms with Crippen molar-refractivity contribution >= 4 is 58.5 Å². The summed E-state index contributed by atoms with van der Waals surface area (Å²) in [6, 6.07) is 15.4. The predicted molar refractivity (Wildman–Crippen MR) is 148 cm³/mol. The van der Waals surface area contributed by atoms with Crippen LogP contribution in [0, 0.1) is 22.7 Å². The number of sulfonamides is 1.